The second kappa shape index (κ2) is 11.6. The van der Waals surface area contributed by atoms with E-state index in [0.29, 0.717) is 35.8 Å². The molecule has 0 unspecified atom stereocenters. The summed E-state index contributed by atoms with van der Waals surface area (Å²) in [4.78, 5) is 3.71. The van der Waals surface area contributed by atoms with Crippen LogP contribution in [0.2, 0.25) is 0 Å². The number of likely N-dealkylation sites (tertiary alicyclic amines) is 1. The van der Waals surface area contributed by atoms with Gasteiger partial charge in [-0.15, -0.1) is 11.3 Å². The van der Waals surface area contributed by atoms with Gasteiger partial charge in [-0.05, 0) is 87.5 Å². The third kappa shape index (κ3) is 6.07. The van der Waals surface area contributed by atoms with Crippen LogP contribution < -0.4 is 9.47 Å². The van der Waals surface area contributed by atoms with Crippen molar-refractivity contribution in [2.75, 3.05) is 32.0 Å². The van der Waals surface area contributed by atoms with E-state index in [2.05, 4.69) is 4.90 Å². The molecule has 1 aliphatic carbocycles. The molecule has 1 aliphatic heterocycles. The molecule has 1 saturated carbocycles. The number of phenolic OH excluding ortho intramolecular Hbond substituents is 1. The number of unbranched alkanes of at least 4 members (excludes halogenated alkanes) is 1. The van der Waals surface area contributed by atoms with Crippen LogP contribution in [-0.2, 0) is 9.84 Å². The maximum atomic E-state index is 12.9. The minimum atomic E-state index is -3.45. The van der Waals surface area contributed by atoms with E-state index >= 15 is 0 Å². The number of rotatable bonds is 11. The van der Waals surface area contributed by atoms with Crippen LogP contribution in [0.3, 0.4) is 0 Å². The zero-order valence-electron chi connectivity index (χ0n) is 21.6. The molecular formula is C29H37NO5S2. The summed E-state index contributed by atoms with van der Waals surface area (Å²) in [5, 5.41) is 11.6. The van der Waals surface area contributed by atoms with Crippen molar-refractivity contribution in [2.24, 2.45) is 0 Å². The van der Waals surface area contributed by atoms with E-state index < -0.39 is 9.84 Å². The van der Waals surface area contributed by atoms with Crippen LogP contribution in [0.4, 0.5) is 0 Å². The maximum Gasteiger partial charge on any atom is 0.178 e. The third-order valence-electron chi connectivity index (χ3n) is 7.50. The first-order valence-corrected chi connectivity index (χ1v) is 16.1. The second-order valence-corrected chi connectivity index (χ2v) is 13.4. The van der Waals surface area contributed by atoms with Crippen LogP contribution in [0.25, 0.3) is 10.1 Å². The van der Waals surface area contributed by atoms with Gasteiger partial charge in [0.25, 0.3) is 0 Å². The largest absolute Gasteiger partial charge is 0.507 e. The lowest BCUT2D eigenvalue weighted by molar-refractivity contribution is 0.237. The van der Waals surface area contributed by atoms with E-state index in [-0.39, 0.29) is 16.4 Å². The van der Waals surface area contributed by atoms with Crippen molar-refractivity contribution in [1.29, 1.82) is 0 Å². The van der Waals surface area contributed by atoms with E-state index in [4.69, 9.17) is 9.47 Å². The predicted molar refractivity (Wildman–Crippen MR) is 149 cm³/mol. The summed E-state index contributed by atoms with van der Waals surface area (Å²) in [5.74, 6) is 2.55. The predicted octanol–water partition coefficient (Wildman–Crippen LogP) is 7.11. The summed E-state index contributed by atoms with van der Waals surface area (Å²) in [6.45, 7) is 5.90. The summed E-state index contributed by atoms with van der Waals surface area (Å²) in [6, 6.07) is 10.7. The van der Waals surface area contributed by atoms with Crippen LogP contribution in [0.1, 0.15) is 69.1 Å². The summed E-state index contributed by atoms with van der Waals surface area (Å²) < 4.78 is 38.8. The molecule has 6 nitrogen and oxygen atoms in total. The van der Waals surface area contributed by atoms with Gasteiger partial charge in [-0.3, -0.25) is 4.90 Å². The van der Waals surface area contributed by atoms with Gasteiger partial charge in [0.1, 0.15) is 23.9 Å². The molecule has 1 saturated heterocycles. The number of aromatic hydroxyl groups is 1. The highest BCUT2D eigenvalue weighted by molar-refractivity contribution is 7.91. The van der Waals surface area contributed by atoms with Crippen LogP contribution >= 0.6 is 11.3 Å². The summed E-state index contributed by atoms with van der Waals surface area (Å²) in [6.07, 6.45) is 8.46. The van der Waals surface area contributed by atoms with E-state index in [0.717, 1.165) is 54.2 Å². The smallest absolute Gasteiger partial charge is 0.178 e. The number of fused-ring (bicyclic) bond motifs is 1. The van der Waals surface area contributed by atoms with Gasteiger partial charge in [-0.25, -0.2) is 8.42 Å². The highest BCUT2D eigenvalue weighted by Crippen LogP contribution is 2.51. The van der Waals surface area contributed by atoms with Crippen molar-refractivity contribution in [1.82, 2.24) is 4.90 Å². The highest BCUT2D eigenvalue weighted by atomic mass is 32.2. The van der Waals surface area contributed by atoms with Crippen molar-refractivity contribution in [3.05, 3.63) is 41.3 Å². The van der Waals surface area contributed by atoms with Crippen molar-refractivity contribution in [2.45, 2.75) is 69.1 Å². The Hall–Kier alpha value is -2.29. The molecule has 0 spiro atoms. The Morgan fingerprint density at radius 3 is 2.43 bits per heavy atom. The molecule has 0 atom stereocenters. The Morgan fingerprint density at radius 2 is 1.73 bits per heavy atom. The monoisotopic (exact) mass is 543 g/mol. The molecule has 2 aromatic carbocycles. The minimum Gasteiger partial charge on any atom is -0.507 e. The zero-order valence-corrected chi connectivity index (χ0v) is 23.2. The van der Waals surface area contributed by atoms with Gasteiger partial charge >= 0.3 is 0 Å². The Balaban J connectivity index is 1.40. The van der Waals surface area contributed by atoms with Gasteiger partial charge in [-0.1, -0.05) is 26.2 Å². The van der Waals surface area contributed by atoms with E-state index in [9.17, 15) is 13.5 Å². The number of ether oxygens (including phenoxy) is 2. The lowest BCUT2D eigenvalue weighted by Gasteiger charge is -2.15. The van der Waals surface area contributed by atoms with Gasteiger partial charge in [-0.2, -0.15) is 0 Å². The molecule has 3 aromatic rings. The number of thiophene rings is 1. The normalized spacial score (nSPS) is 17.1. The molecule has 0 bridgehead atoms. The Labute approximate surface area is 224 Å². The lowest BCUT2D eigenvalue weighted by Crippen LogP contribution is -2.25. The van der Waals surface area contributed by atoms with Crippen molar-refractivity contribution in [3.63, 3.8) is 0 Å². The first kappa shape index (κ1) is 26.3. The van der Waals surface area contributed by atoms with Crippen LogP contribution in [0.15, 0.2) is 41.3 Å². The van der Waals surface area contributed by atoms with Crippen LogP contribution in [0, 0.1) is 0 Å². The number of sulfone groups is 1. The Morgan fingerprint density at radius 1 is 1.03 bits per heavy atom. The Kier molecular flexibility index (Phi) is 8.27. The molecule has 2 aliphatic rings. The van der Waals surface area contributed by atoms with Crippen molar-refractivity contribution < 1.29 is 23.0 Å². The molecule has 2 heterocycles. The van der Waals surface area contributed by atoms with Gasteiger partial charge in [0.15, 0.2) is 15.6 Å². The molecule has 0 radical (unpaired) electrons. The number of phenols is 1. The fourth-order valence-corrected chi connectivity index (χ4v) is 8.31. The maximum absolute atomic E-state index is 12.9. The molecule has 1 aromatic heterocycles. The van der Waals surface area contributed by atoms with E-state index in [1.807, 2.05) is 31.2 Å². The average molecular weight is 544 g/mol. The molecule has 200 valence electrons. The minimum absolute atomic E-state index is 0.0371. The molecule has 5 rings (SSSR count). The summed E-state index contributed by atoms with van der Waals surface area (Å²) in [7, 11) is -3.45. The van der Waals surface area contributed by atoms with E-state index in [1.165, 1.54) is 31.7 Å². The van der Waals surface area contributed by atoms with Gasteiger partial charge in [0.05, 0.1) is 20.9 Å². The second-order valence-electron chi connectivity index (χ2n) is 10.2. The highest BCUT2D eigenvalue weighted by Gasteiger charge is 2.28. The van der Waals surface area contributed by atoms with Gasteiger partial charge < -0.3 is 14.6 Å². The fourth-order valence-electron chi connectivity index (χ4n) is 5.38. The molecule has 37 heavy (non-hydrogen) atoms. The number of nitrogens with zero attached hydrogens (tertiary/aromatic N) is 1. The van der Waals surface area contributed by atoms with Gasteiger partial charge in [0.2, 0.25) is 0 Å². The van der Waals surface area contributed by atoms with Crippen LogP contribution in [-0.4, -0.2) is 50.4 Å². The summed E-state index contributed by atoms with van der Waals surface area (Å²) in [5.41, 5.74) is 0. The SMILES string of the molecule is CCCCS(=O)(=O)c1cc(O)c2c(Oc3ccc(OCCN4CCCC4)cc3)c(C3CCCC3)sc2c1. The lowest BCUT2D eigenvalue weighted by atomic mass is 10.0. The molecule has 0 amide bonds. The zero-order chi connectivity index (χ0) is 25.8. The number of hydrogen-bond donors (Lipinski definition) is 1. The van der Waals surface area contributed by atoms with Gasteiger partial charge in [0, 0.05) is 11.2 Å². The number of hydrogen-bond acceptors (Lipinski definition) is 7. The number of benzene rings is 2. The standard InChI is InChI=1S/C29H37NO5S2/c1-2-3-18-37(32,33)24-19-25(31)27-26(20-24)36-29(21-8-4-5-9-21)28(27)35-23-12-10-22(11-13-23)34-17-16-30-14-6-7-15-30/h10-13,19-21,31H,2-9,14-18H2,1H3. The van der Waals surface area contributed by atoms with Crippen molar-refractivity contribution in [3.8, 4) is 23.0 Å². The molecule has 8 heteroatoms. The van der Waals surface area contributed by atoms with Crippen molar-refractivity contribution >= 4 is 31.3 Å². The Bertz CT molecular complexity index is 1300. The fraction of sp³-hybridized carbons (Fsp3) is 0.517. The first-order valence-electron chi connectivity index (χ1n) is 13.6. The first-order chi connectivity index (χ1) is 17.9. The topological polar surface area (TPSA) is 76.1 Å². The third-order valence-corrected chi connectivity index (χ3v) is 10.6. The quantitative estimate of drug-likeness (QED) is 0.278. The molecular weight excluding hydrogens is 506 g/mol. The average Bonchev–Trinajstić information content (AvgIpc) is 3.66. The molecule has 2 fully saturated rings. The van der Waals surface area contributed by atoms with E-state index in [1.54, 1.807) is 17.4 Å². The summed E-state index contributed by atoms with van der Waals surface area (Å²) >= 11 is 1.56. The molecule has 1 N–H and O–H groups in total. The van der Waals surface area contributed by atoms with Crippen LogP contribution in [0.5, 0.6) is 23.0 Å².